The molecule has 0 radical (unpaired) electrons. The third-order valence-corrected chi connectivity index (χ3v) is 10.3. The van der Waals surface area contributed by atoms with Crippen molar-refractivity contribution in [1.82, 2.24) is 24.7 Å². The summed E-state index contributed by atoms with van der Waals surface area (Å²) in [5.74, 6) is -0.436. The highest BCUT2D eigenvalue weighted by Crippen LogP contribution is 2.59. The summed E-state index contributed by atoms with van der Waals surface area (Å²) in [7, 11) is 0. The summed E-state index contributed by atoms with van der Waals surface area (Å²) < 4.78 is 55.2. The first-order chi connectivity index (χ1) is 19.9. The third-order valence-electron chi connectivity index (χ3n) is 10.3. The zero-order valence-electron chi connectivity index (χ0n) is 24.1. The fourth-order valence-corrected chi connectivity index (χ4v) is 7.56. The summed E-state index contributed by atoms with van der Waals surface area (Å²) in [4.78, 5) is 40.3. The number of nitrogens with zero attached hydrogens (tertiary/aromatic N) is 5. The van der Waals surface area contributed by atoms with E-state index >= 15 is 0 Å². The standard InChI is InChI=1S/C31H37F4N5O2/c1-20-26(21(2)37-19-36-20)27(41)40-17-22-15-38(16-23(22)18-40)11-8-29(24-4-3-5-25(32)14-24)9-12-39(13-10-29)28(42)30(6-7-30)31(33,34)35/h3-5,14,19,22-23H,6-13,15-18H2,1-2H3. The molecule has 2 unspecified atom stereocenters. The number of rotatable bonds is 6. The van der Waals surface area contributed by atoms with Crippen molar-refractivity contribution >= 4 is 11.8 Å². The van der Waals surface area contributed by atoms with Crippen LogP contribution in [0, 0.1) is 36.9 Å². The summed E-state index contributed by atoms with van der Waals surface area (Å²) in [5.41, 5.74) is 0.173. The van der Waals surface area contributed by atoms with Crippen molar-refractivity contribution in [1.29, 1.82) is 0 Å². The topological polar surface area (TPSA) is 69.6 Å². The molecule has 0 bridgehead atoms. The molecule has 226 valence electrons. The largest absolute Gasteiger partial charge is 0.403 e. The molecule has 1 aromatic carbocycles. The molecule has 7 nitrogen and oxygen atoms in total. The van der Waals surface area contributed by atoms with Crippen LogP contribution in [0.25, 0.3) is 0 Å². The Morgan fingerprint density at radius 2 is 1.55 bits per heavy atom. The number of halogens is 4. The van der Waals surface area contributed by atoms with Gasteiger partial charge in [-0.2, -0.15) is 13.2 Å². The Hall–Kier alpha value is -3.08. The van der Waals surface area contributed by atoms with E-state index in [1.165, 1.54) is 23.4 Å². The molecule has 4 aliphatic rings. The molecule has 2 amide bonds. The van der Waals surface area contributed by atoms with Crippen molar-refractivity contribution in [3.8, 4) is 0 Å². The molecule has 6 rings (SSSR count). The van der Waals surface area contributed by atoms with Crippen molar-refractivity contribution in [3.05, 3.63) is 58.9 Å². The number of fused-ring (bicyclic) bond motifs is 1. The van der Waals surface area contributed by atoms with Gasteiger partial charge >= 0.3 is 6.18 Å². The van der Waals surface area contributed by atoms with Crippen LogP contribution >= 0.6 is 0 Å². The van der Waals surface area contributed by atoms with Gasteiger partial charge in [0.25, 0.3) is 5.91 Å². The number of aromatic nitrogens is 2. The highest BCUT2D eigenvalue weighted by atomic mass is 19.4. The number of piperidine rings is 1. The van der Waals surface area contributed by atoms with Crippen molar-refractivity contribution in [2.24, 2.45) is 17.3 Å². The van der Waals surface area contributed by atoms with Crippen LogP contribution in [-0.2, 0) is 10.2 Å². The first kappa shape index (κ1) is 29.0. The predicted octanol–water partition coefficient (Wildman–Crippen LogP) is 4.53. The Morgan fingerprint density at radius 1 is 0.929 bits per heavy atom. The van der Waals surface area contributed by atoms with Crippen LogP contribution in [0.2, 0.25) is 0 Å². The van der Waals surface area contributed by atoms with E-state index in [4.69, 9.17) is 0 Å². The number of amides is 2. The van der Waals surface area contributed by atoms with Crippen LogP contribution < -0.4 is 0 Å². The Bertz CT molecular complexity index is 1340. The van der Waals surface area contributed by atoms with Gasteiger partial charge in [-0.15, -0.1) is 0 Å². The average Bonchev–Trinajstić information content (AvgIpc) is 3.56. The molecule has 1 saturated carbocycles. The van der Waals surface area contributed by atoms with Crippen molar-refractivity contribution in [3.63, 3.8) is 0 Å². The molecule has 2 atom stereocenters. The molecule has 0 spiro atoms. The van der Waals surface area contributed by atoms with Gasteiger partial charge in [0.05, 0.1) is 17.0 Å². The lowest BCUT2D eigenvalue weighted by atomic mass is 9.70. The fourth-order valence-electron chi connectivity index (χ4n) is 7.56. The number of hydrogen-bond acceptors (Lipinski definition) is 5. The van der Waals surface area contributed by atoms with Crippen LogP contribution in [0.15, 0.2) is 30.6 Å². The van der Waals surface area contributed by atoms with Gasteiger partial charge in [0, 0.05) is 39.3 Å². The quantitative estimate of drug-likeness (QED) is 0.465. The highest BCUT2D eigenvalue weighted by molar-refractivity contribution is 5.96. The number of carbonyl (C=O) groups is 2. The summed E-state index contributed by atoms with van der Waals surface area (Å²) in [6, 6.07) is 6.52. The van der Waals surface area contributed by atoms with Crippen molar-refractivity contribution in [2.75, 3.05) is 45.8 Å². The maximum absolute atomic E-state index is 14.3. The minimum atomic E-state index is -4.53. The molecule has 4 fully saturated rings. The molecule has 1 aliphatic carbocycles. The predicted molar refractivity (Wildman–Crippen MR) is 147 cm³/mol. The smallest absolute Gasteiger partial charge is 0.342 e. The van der Waals surface area contributed by atoms with E-state index in [9.17, 15) is 27.2 Å². The van der Waals surface area contributed by atoms with Gasteiger partial charge in [-0.25, -0.2) is 14.4 Å². The van der Waals surface area contributed by atoms with Crippen LogP contribution in [0.5, 0.6) is 0 Å². The number of hydrogen-bond donors (Lipinski definition) is 0. The van der Waals surface area contributed by atoms with Crippen molar-refractivity contribution < 1.29 is 27.2 Å². The fraction of sp³-hybridized carbons (Fsp3) is 0.613. The van der Waals surface area contributed by atoms with E-state index < -0.39 is 22.9 Å². The van der Waals surface area contributed by atoms with Crippen molar-refractivity contribution in [2.45, 2.75) is 57.5 Å². The van der Waals surface area contributed by atoms with Crippen LogP contribution in [0.4, 0.5) is 17.6 Å². The third kappa shape index (κ3) is 5.07. The monoisotopic (exact) mass is 587 g/mol. The van der Waals surface area contributed by atoms with Gasteiger partial charge in [0.1, 0.15) is 17.6 Å². The molecule has 3 saturated heterocycles. The second-order valence-corrected chi connectivity index (χ2v) is 12.8. The molecule has 11 heteroatoms. The summed E-state index contributed by atoms with van der Waals surface area (Å²) in [6.45, 7) is 7.97. The molecule has 2 aromatic rings. The van der Waals surface area contributed by atoms with Gasteiger partial charge in [-0.1, -0.05) is 12.1 Å². The maximum atomic E-state index is 14.3. The average molecular weight is 588 g/mol. The van der Waals surface area contributed by atoms with E-state index in [1.54, 1.807) is 6.07 Å². The van der Waals surface area contributed by atoms with Gasteiger partial charge in [-0.3, -0.25) is 9.59 Å². The van der Waals surface area contributed by atoms with Crippen LogP contribution in [0.1, 0.15) is 59.4 Å². The maximum Gasteiger partial charge on any atom is 0.403 e. The second kappa shape index (κ2) is 10.6. The Labute approximate surface area is 243 Å². The number of likely N-dealkylation sites (tertiary alicyclic amines) is 3. The first-order valence-electron chi connectivity index (χ1n) is 14.8. The normalized spacial score (nSPS) is 25.0. The summed E-state index contributed by atoms with van der Waals surface area (Å²) in [5, 5.41) is 0. The summed E-state index contributed by atoms with van der Waals surface area (Å²) in [6.07, 6.45) is -1.61. The zero-order chi connectivity index (χ0) is 29.9. The van der Waals surface area contributed by atoms with Crippen LogP contribution in [0.3, 0.4) is 0 Å². The number of aryl methyl sites for hydroxylation is 2. The molecule has 1 aromatic heterocycles. The lowest BCUT2D eigenvalue weighted by molar-refractivity contribution is -0.199. The lowest BCUT2D eigenvalue weighted by Gasteiger charge is -2.44. The van der Waals surface area contributed by atoms with E-state index in [2.05, 4.69) is 14.9 Å². The molecular weight excluding hydrogens is 550 g/mol. The van der Waals surface area contributed by atoms with E-state index in [1.807, 2.05) is 24.8 Å². The molecular formula is C31H37F4N5O2. The zero-order valence-corrected chi connectivity index (χ0v) is 24.1. The Balaban J connectivity index is 1.10. The van der Waals surface area contributed by atoms with Gasteiger partial charge in [0.15, 0.2) is 0 Å². The summed E-state index contributed by atoms with van der Waals surface area (Å²) >= 11 is 0. The SMILES string of the molecule is Cc1ncnc(C)c1C(=O)N1CC2CN(CCC3(c4cccc(F)c4)CCN(C(=O)C4(C(F)(F)F)CC4)CC3)CC2C1. The minimum Gasteiger partial charge on any atom is -0.342 e. The van der Waals surface area contributed by atoms with E-state index in [-0.39, 0.29) is 37.7 Å². The molecule has 0 N–H and O–H groups in total. The Morgan fingerprint density at radius 3 is 2.10 bits per heavy atom. The number of carbonyl (C=O) groups excluding carboxylic acids is 2. The van der Waals surface area contributed by atoms with E-state index in [0.717, 1.165) is 31.6 Å². The number of benzene rings is 1. The first-order valence-corrected chi connectivity index (χ1v) is 14.8. The molecule has 3 aliphatic heterocycles. The highest BCUT2D eigenvalue weighted by Gasteiger charge is 2.69. The molecule has 42 heavy (non-hydrogen) atoms. The van der Waals surface area contributed by atoms with Crippen LogP contribution in [-0.4, -0.2) is 88.5 Å². The lowest BCUT2D eigenvalue weighted by Crippen LogP contribution is -2.51. The molecule has 4 heterocycles. The second-order valence-electron chi connectivity index (χ2n) is 12.8. The van der Waals surface area contributed by atoms with E-state index in [0.29, 0.717) is 54.7 Å². The van der Waals surface area contributed by atoms with Gasteiger partial charge in [-0.05, 0) is 87.4 Å². The van der Waals surface area contributed by atoms with Gasteiger partial charge < -0.3 is 14.7 Å². The van der Waals surface area contributed by atoms with Gasteiger partial charge in [0.2, 0.25) is 5.91 Å². The Kier molecular flexibility index (Phi) is 7.30. The number of alkyl halides is 3. The minimum absolute atomic E-state index is 0.0172.